The Bertz CT molecular complexity index is 939. The summed E-state index contributed by atoms with van der Waals surface area (Å²) in [5, 5.41) is 1.30. The summed E-state index contributed by atoms with van der Waals surface area (Å²) in [6.07, 6.45) is 7.18. The molecule has 0 spiro atoms. The van der Waals surface area contributed by atoms with E-state index in [0.29, 0.717) is 17.7 Å². The molecule has 2 aliphatic heterocycles. The van der Waals surface area contributed by atoms with Gasteiger partial charge in [0.15, 0.2) is 5.78 Å². The van der Waals surface area contributed by atoms with Gasteiger partial charge >= 0.3 is 0 Å². The molecule has 0 amide bonds. The number of fused-ring (bicyclic) bond motifs is 6. The lowest BCUT2D eigenvalue weighted by Gasteiger charge is -2.47. The Morgan fingerprint density at radius 3 is 2.96 bits per heavy atom. The van der Waals surface area contributed by atoms with Crippen molar-refractivity contribution in [3.8, 4) is 5.75 Å². The number of carbonyl (C=O) groups is 1. The Balaban J connectivity index is 1.62. The van der Waals surface area contributed by atoms with Crippen LogP contribution >= 0.6 is 0 Å². The van der Waals surface area contributed by atoms with Crippen molar-refractivity contribution in [1.29, 1.82) is 0 Å². The van der Waals surface area contributed by atoms with Gasteiger partial charge in [0.25, 0.3) is 0 Å². The molecule has 142 valence electrons. The summed E-state index contributed by atoms with van der Waals surface area (Å²) < 4.78 is 5.45. The van der Waals surface area contributed by atoms with Crippen molar-refractivity contribution in [3.05, 3.63) is 40.7 Å². The number of allylic oxidation sites excluding steroid dienone is 2. The Morgan fingerprint density at radius 1 is 1.26 bits per heavy atom. The van der Waals surface area contributed by atoms with Crippen molar-refractivity contribution in [2.75, 3.05) is 13.7 Å². The molecule has 1 aromatic carbocycles. The summed E-state index contributed by atoms with van der Waals surface area (Å²) in [6, 6.07) is 6.72. The van der Waals surface area contributed by atoms with Crippen LogP contribution in [0.3, 0.4) is 0 Å². The van der Waals surface area contributed by atoms with Crippen LogP contribution in [0.5, 0.6) is 5.75 Å². The first-order valence-corrected chi connectivity index (χ1v) is 10.4. The predicted octanol–water partition coefficient (Wildman–Crippen LogP) is 4.90. The molecule has 0 fully saturated rings. The zero-order valence-electron chi connectivity index (χ0n) is 16.3. The number of hydrogen-bond donors (Lipinski definition) is 1. The first-order chi connectivity index (χ1) is 13.2. The normalized spacial score (nSPS) is 24.7. The lowest BCUT2D eigenvalue weighted by atomic mass is 9.74. The molecule has 4 nitrogen and oxygen atoms in total. The molecule has 3 heterocycles. The Morgan fingerprint density at radius 2 is 2.15 bits per heavy atom. The molecule has 1 N–H and O–H groups in total. The van der Waals surface area contributed by atoms with Crippen molar-refractivity contribution >= 4 is 16.7 Å². The molecule has 2 aromatic rings. The summed E-state index contributed by atoms with van der Waals surface area (Å²) in [4.78, 5) is 19.0. The third kappa shape index (κ3) is 2.53. The van der Waals surface area contributed by atoms with Gasteiger partial charge < -0.3 is 14.6 Å². The molecule has 0 unspecified atom stereocenters. The second-order valence-electron chi connectivity index (χ2n) is 8.25. The van der Waals surface area contributed by atoms with Gasteiger partial charge in [-0.05, 0) is 61.8 Å². The van der Waals surface area contributed by atoms with Gasteiger partial charge in [0.05, 0.1) is 13.2 Å². The van der Waals surface area contributed by atoms with E-state index < -0.39 is 0 Å². The van der Waals surface area contributed by atoms with Crippen molar-refractivity contribution in [2.45, 2.75) is 57.9 Å². The summed E-state index contributed by atoms with van der Waals surface area (Å²) in [6.45, 7) is 3.26. The van der Waals surface area contributed by atoms with Gasteiger partial charge in [0.1, 0.15) is 5.75 Å². The highest BCUT2D eigenvalue weighted by Crippen LogP contribution is 2.49. The molecule has 5 rings (SSSR count). The molecule has 1 aliphatic carbocycles. The SMILES string of the molecule is CCC[C@@H]1C[C@H]2c3[nH]c4ccc(OC)cc4c3CCN2C2=C1C(=O)CCC2. The van der Waals surface area contributed by atoms with E-state index in [1.807, 2.05) is 6.07 Å². The van der Waals surface area contributed by atoms with E-state index in [9.17, 15) is 4.79 Å². The standard InChI is InChI=1S/C23H28N2O2/c1-3-5-14-12-20-23-16(17-13-15(27-2)8-9-18(17)24-23)10-11-25(20)19-6-4-7-21(26)22(14)19/h8-9,13-14,20,24H,3-7,10-12H2,1-2H3/t14-,20+/m1/s1. The first kappa shape index (κ1) is 16.9. The van der Waals surface area contributed by atoms with Crippen LogP contribution in [0.1, 0.15) is 62.7 Å². The topological polar surface area (TPSA) is 45.3 Å². The highest BCUT2D eigenvalue weighted by molar-refractivity contribution is 5.97. The van der Waals surface area contributed by atoms with Gasteiger partial charge in [0.2, 0.25) is 0 Å². The number of nitrogens with one attached hydrogen (secondary N) is 1. The number of carbonyl (C=O) groups excluding carboxylic acids is 1. The van der Waals surface area contributed by atoms with E-state index in [1.54, 1.807) is 7.11 Å². The lowest BCUT2D eigenvalue weighted by molar-refractivity contribution is -0.117. The van der Waals surface area contributed by atoms with Gasteiger partial charge in [-0.2, -0.15) is 0 Å². The Labute approximate surface area is 160 Å². The van der Waals surface area contributed by atoms with Crippen LogP contribution in [-0.4, -0.2) is 29.3 Å². The number of rotatable bonds is 3. The maximum absolute atomic E-state index is 12.7. The zero-order valence-corrected chi connectivity index (χ0v) is 16.3. The van der Waals surface area contributed by atoms with Crippen molar-refractivity contribution < 1.29 is 9.53 Å². The van der Waals surface area contributed by atoms with Gasteiger partial charge in [0, 0.05) is 40.8 Å². The zero-order chi connectivity index (χ0) is 18.5. The minimum Gasteiger partial charge on any atom is -0.497 e. The summed E-state index contributed by atoms with van der Waals surface area (Å²) in [5.74, 6) is 1.76. The number of aromatic amines is 1. The highest BCUT2D eigenvalue weighted by Gasteiger charge is 2.42. The summed E-state index contributed by atoms with van der Waals surface area (Å²) in [7, 11) is 1.73. The minimum absolute atomic E-state index is 0.383. The minimum atomic E-state index is 0.383. The highest BCUT2D eigenvalue weighted by atomic mass is 16.5. The second-order valence-corrected chi connectivity index (χ2v) is 8.25. The van der Waals surface area contributed by atoms with E-state index in [-0.39, 0.29) is 0 Å². The van der Waals surface area contributed by atoms with Crippen LogP contribution in [0.15, 0.2) is 29.5 Å². The molecular weight excluding hydrogens is 336 g/mol. The van der Waals surface area contributed by atoms with Crippen LogP contribution in [-0.2, 0) is 11.2 Å². The number of hydrogen-bond acceptors (Lipinski definition) is 3. The largest absolute Gasteiger partial charge is 0.497 e. The third-order valence-corrected chi connectivity index (χ3v) is 6.79. The second kappa shape index (κ2) is 6.43. The summed E-state index contributed by atoms with van der Waals surface area (Å²) >= 11 is 0. The number of H-pyrrole nitrogens is 1. The van der Waals surface area contributed by atoms with E-state index in [0.717, 1.165) is 57.2 Å². The maximum Gasteiger partial charge on any atom is 0.160 e. The van der Waals surface area contributed by atoms with Crippen LogP contribution in [0, 0.1) is 5.92 Å². The molecule has 3 aliphatic rings. The average Bonchev–Trinajstić information content (AvgIpc) is 3.06. The van der Waals surface area contributed by atoms with Crippen LogP contribution < -0.4 is 4.74 Å². The fourth-order valence-electron chi connectivity index (χ4n) is 5.65. The number of ether oxygens (including phenoxy) is 1. The monoisotopic (exact) mass is 364 g/mol. The number of aromatic nitrogens is 1. The number of ketones is 1. The van der Waals surface area contributed by atoms with Crippen LogP contribution in [0.25, 0.3) is 10.9 Å². The van der Waals surface area contributed by atoms with E-state index >= 15 is 0 Å². The van der Waals surface area contributed by atoms with Gasteiger partial charge in [-0.15, -0.1) is 0 Å². The predicted molar refractivity (Wildman–Crippen MR) is 107 cm³/mol. The molecule has 1 aromatic heterocycles. The van der Waals surface area contributed by atoms with Gasteiger partial charge in [-0.3, -0.25) is 4.79 Å². The van der Waals surface area contributed by atoms with Crippen LogP contribution in [0.2, 0.25) is 0 Å². The molecule has 0 saturated heterocycles. The molecule has 27 heavy (non-hydrogen) atoms. The van der Waals surface area contributed by atoms with Crippen molar-refractivity contribution in [2.24, 2.45) is 5.92 Å². The molecule has 0 saturated carbocycles. The van der Waals surface area contributed by atoms with Crippen molar-refractivity contribution in [3.63, 3.8) is 0 Å². The number of methoxy groups -OCH3 is 1. The van der Waals surface area contributed by atoms with Gasteiger partial charge in [-0.1, -0.05) is 13.3 Å². The summed E-state index contributed by atoms with van der Waals surface area (Å²) in [5.41, 5.74) is 6.57. The fourth-order valence-corrected chi connectivity index (χ4v) is 5.65. The van der Waals surface area contributed by atoms with Crippen molar-refractivity contribution in [1.82, 2.24) is 9.88 Å². The number of nitrogens with zero attached hydrogens (tertiary/aromatic N) is 1. The molecule has 0 bridgehead atoms. The molecule has 2 atom stereocenters. The van der Waals surface area contributed by atoms with Gasteiger partial charge in [-0.25, -0.2) is 0 Å². The molecule has 4 heteroatoms. The van der Waals surface area contributed by atoms with Crippen LogP contribution in [0.4, 0.5) is 0 Å². The fraction of sp³-hybridized carbons (Fsp3) is 0.522. The lowest BCUT2D eigenvalue weighted by Crippen LogP contribution is -2.43. The average molecular weight is 364 g/mol. The Hall–Kier alpha value is -2.23. The smallest absolute Gasteiger partial charge is 0.160 e. The van der Waals surface area contributed by atoms with E-state index in [4.69, 9.17) is 4.74 Å². The molecular formula is C23H28N2O2. The third-order valence-electron chi connectivity index (χ3n) is 6.79. The number of benzene rings is 1. The molecule has 0 radical (unpaired) electrons. The Kier molecular flexibility index (Phi) is 4.03. The first-order valence-electron chi connectivity index (χ1n) is 10.4. The van der Waals surface area contributed by atoms with E-state index in [2.05, 4.69) is 28.9 Å². The quantitative estimate of drug-likeness (QED) is 0.842. The number of Topliss-reactive ketones (excluding diaryl/α,β-unsaturated/α-hetero) is 1. The maximum atomic E-state index is 12.7. The van der Waals surface area contributed by atoms with E-state index in [1.165, 1.54) is 33.4 Å².